The zero-order valence-electron chi connectivity index (χ0n) is 11.0. The average Bonchev–Trinajstić information content (AvgIpc) is 2.78. The number of aliphatic hydroxyl groups excluding tert-OH is 1. The number of aliphatic imine (C=N–C) groups is 1. The molecule has 0 aliphatic carbocycles. The molecule has 5 nitrogen and oxygen atoms in total. The zero-order valence-corrected chi connectivity index (χ0v) is 13.4. The molecule has 10 heteroatoms. The molecule has 0 saturated carbocycles. The summed E-state index contributed by atoms with van der Waals surface area (Å²) in [7, 11) is 0. The van der Waals surface area contributed by atoms with Crippen LogP contribution in [0.3, 0.4) is 0 Å². The second kappa shape index (κ2) is 6.36. The van der Waals surface area contributed by atoms with E-state index in [1.54, 1.807) is 0 Å². The number of halogens is 4. The van der Waals surface area contributed by atoms with Crippen LogP contribution >= 0.6 is 27.7 Å². The Morgan fingerprint density at radius 3 is 2.52 bits per heavy atom. The summed E-state index contributed by atoms with van der Waals surface area (Å²) in [4.78, 5) is 26.5. The van der Waals surface area contributed by atoms with E-state index in [-0.39, 0.29) is 20.8 Å². The highest BCUT2D eigenvalue weighted by atomic mass is 79.9. The lowest BCUT2D eigenvalue weighted by atomic mass is 10.1. The lowest BCUT2D eigenvalue weighted by Gasteiger charge is -2.09. The van der Waals surface area contributed by atoms with Crippen LogP contribution in [0.5, 0.6) is 0 Å². The van der Waals surface area contributed by atoms with Gasteiger partial charge >= 0.3 is 12.1 Å². The Morgan fingerprint density at radius 1 is 1.30 bits per heavy atom. The topological polar surface area (TPSA) is 87.0 Å². The van der Waals surface area contributed by atoms with Crippen LogP contribution in [0.2, 0.25) is 0 Å². The predicted molar refractivity (Wildman–Crippen MR) is 80.7 cm³/mol. The van der Waals surface area contributed by atoms with Gasteiger partial charge in [-0.15, -0.1) is 0 Å². The molecule has 23 heavy (non-hydrogen) atoms. The molecule has 0 bridgehead atoms. The first-order valence-corrected chi connectivity index (χ1v) is 7.67. The third kappa shape index (κ3) is 3.75. The summed E-state index contributed by atoms with van der Waals surface area (Å²) in [6.45, 7) is 0. The first kappa shape index (κ1) is 17.5. The quantitative estimate of drug-likeness (QED) is 0.778. The van der Waals surface area contributed by atoms with Crippen molar-refractivity contribution in [2.45, 2.75) is 6.18 Å². The van der Waals surface area contributed by atoms with Gasteiger partial charge in [0.1, 0.15) is 16.4 Å². The number of alkyl halides is 3. The number of rotatable bonds is 2. The monoisotopic (exact) mass is 409 g/mol. The number of benzene rings is 1. The van der Waals surface area contributed by atoms with Crippen LogP contribution in [0.1, 0.15) is 15.9 Å². The summed E-state index contributed by atoms with van der Waals surface area (Å²) >= 11 is 3.57. The van der Waals surface area contributed by atoms with Crippen LogP contribution in [0, 0.1) is 0 Å². The maximum atomic E-state index is 12.8. The average molecular weight is 410 g/mol. The first-order valence-electron chi connectivity index (χ1n) is 5.89. The standard InChI is InChI=1S/C13H7BrF3NO4S/c14-7-2-1-5(3-6(7)13(15,16)17)10(20)18-11-9(12(21)22)8(19)4-23-11/h1-3,19H,4H2,(H,21,22). The molecule has 1 aliphatic rings. The lowest BCUT2D eigenvalue weighted by Crippen LogP contribution is -2.11. The highest BCUT2D eigenvalue weighted by Crippen LogP contribution is 2.35. The molecule has 2 N–H and O–H groups in total. The van der Waals surface area contributed by atoms with Gasteiger partial charge in [-0.3, -0.25) is 4.79 Å². The van der Waals surface area contributed by atoms with Crippen LogP contribution in [0.25, 0.3) is 0 Å². The van der Waals surface area contributed by atoms with E-state index < -0.39 is 34.9 Å². The predicted octanol–water partition coefficient (Wildman–Crippen LogP) is 3.65. The Hall–Kier alpha value is -1.81. The summed E-state index contributed by atoms with van der Waals surface area (Å²) < 4.78 is 38.2. The fourth-order valence-corrected chi connectivity index (χ4v) is 3.13. The molecule has 0 unspecified atom stereocenters. The van der Waals surface area contributed by atoms with Crippen LogP contribution in [0.15, 0.2) is 39.0 Å². The van der Waals surface area contributed by atoms with Crippen LogP contribution in [-0.2, 0) is 11.0 Å². The first-order chi connectivity index (χ1) is 10.6. The third-order valence-electron chi connectivity index (χ3n) is 2.78. The second-order valence-electron chi connectivity index (χ2n) is 4.33. The molecular weight excluding hydrogens is 403 g/mol. The minimum atomic E-state index is -4.66. The largest absolute Gasteiger partial charge is 0.510 e. The van der Waals surface area contributed by atoms with Gasteiger partial charge in [0.2, 0.25) is 0 Å². The number of carbonyl (C=O) groups excluding carboxylic acids is 1. The van der Waals surface area contributed by atoms with Gasteiger partial charge in [-0.2, -0.15) is 13.2 Å². The summed E-state index contributed by atoms with van der Waals surface area (Å²) in [5.74, 6) is -3.01. The number of carbonyl (C=O) groups is 2. The van der Waals surface area contributed by atoms with Crippen molar-refractivity contribution < 1.29 is 33.0 Å². The zero-order chi connectivity index (χ0) is 17.4. The van der Waals surface area contributed by atoms with E-state index in [2.05, 4.69) is 20.9 Å². The van der Waals surface area contributed by atoms with E-state index >= 15 is 0 Å². The van der Waals surface area contributed by atoms with Gasteiger partial charge in [0.15, 0.2) is 0 Å². The van der Waals surface area contributed by atoms with E-state index in [0.29, 0.717) is 6.07 Å². The molecule has 0 spiro atoms. The van der Waals surface area contributed by atoms with E-state index in [1.807, 2.05) is 0 Å². The fourth-order valence-electron chi connectivity index (χ4n) is 1.74. The van der Waals surface area contributed by atoms with E-state index in [0.717, 1.165) is 23.9 Å². The second-order valence-corrected chi connectivity index (χ2v) is 6.15. The minimum Gasteiger partial charge on any atom is -0.510 e. The summed E-state index contributed by atoms with van der Waals surface area (Å²) in [6.07, 6.45) is -4.66. The summed E-state index contributed by atoms with van der Waals surface area (Å²) in [6, 6.07) is 2.82. The van der Waals surface area contributed by atoms with Gasteiger partial charge in [-0.25, -0.2) is 9.79 Å². The fraction of sp³-hybridized carbons (Fsp3) is 0.154. The summed E-state index contributed by atoms with van der Waals surface area (Å²) in [5, 5.41) is 18.1. The van der Waals surface area contributed by atoms with Crippen molar-refractivity contribution in [1.82, 2.24) is 0 Å². The normalized spacial score (nSPS) is 17.0. The number of thioether (sulfide) groups is 1. The van der Waals surface area contributed by atoms with Crippen LogP contribution < -0.4 is 0 Å². The number of aliphatic hydroxyl groups is 1. The SMILES string of the molecule is O=C(O)C1=C(O)CSC1=NC(=O)c1ccc(Br)c(C(F)(F)F)c1. The van der Waals surface area contributed by atoms with Crippen molar-refractivity contribution in [3.8, 4) is 0 Å². The van der Waals surface area contributed by atoms with Crippen molar-refractivity contribution >= 4 is 44.6 Å². The molecule has 2 rings (SSSR count). The van der Waals surface area contributed by atoms with Crippen LogP contribution in [0.4, 0.5) is 13.2 Å². The molecule has 0 atom stereocenters. The smallest absolute Gasteiger partial charge is 0.417 e. The number of hydrogen-bond donors (Lipinski definition) is 2. The minimum absolute atomic E-state index is 0.0676. The maximum absolute atomic E-state index is 12.8. The summed E-state index contributed by atoms with van der Waals surface area (Å²) in [5.41, 5.74) is -1.90. The van der Waals surface area contributed by atoms with Crippen LogP contribution in [-0.4, -0.2) is 32.9 Å². The van der Waals surface area contributed by atoms with Gasteiger partial charge in [0.25, 0.3) is 5.91 Å². The highest BCUT2D eigenvalue weighted by molar-refractivity contribution is 9.10. The Bertz CT molecular complexity index is 758. The van der Waals surface area contributed by atoms with E-state index in [9.17, 15) is 27.9 Å². The maximum Gasteiger partial charge on any atom is 0.417 e. The van der Waals surface area contributed by atoms with Gasteiger partial charge in [-0.05, 0) is 18.2 Å². The number of carboxylic acid groups (broad SMARTS) is 1. The Kier molecular flexibility index (Phi) is 4.85. The lowest BCUT2D eigenvalue weighted by molar-refractivity contribution is -0.138. The molecule has 0 radical (unpaired) electrons. The van der Waals surface area contributed by atoms with Crippen molar-refractivity contribution in [2.24, 2.45) is 4.99 Å². The van der Waals surface area contributed by atoms with Crippen molar-refractivity contribution in [3.63, 3.8) is 0 Å². The van der Waals surface area contributed by atoms with Gasteiger partial charge in [0, 0.05) is 10.0 Å². The molecule has 0 saturated heterocycles. The van der Waals surface area contributed by atoms with Gasteiger partial charge < -0.3 is 10.2 Å². The molecule has 0 fully saturated rings. The Morgan fingerprint density at radius 2 is 1.96 bits per heavy atom. The van der Waals surface area contributed by atoms with Crippen molar-refractivity contribution in [2.75, 3.05) is 5.75 Å². The number of nitrogens with zero attached hydrogens (tertiary/aromatic N) is 1. The van der Waals surface area contributed by atoms with Gasteiger partial charge in [-0.1, -0.05) is 27.7 Å². The number of aliphatic carboxylic acids is 1. The van der Waals surface area contributed by atoms with Crippen molar-refractivity contribution in [3.05, 3.63) is 45.1 Å². The Labute approximate surface area is 140 Å². The molecule has 122 valence electrons. The highest BCUT2D eigenvalue weighted by Gasteiger charge is 2.34. The number of amides is 1. The number of hydrogen-bond acceptors (Lipinski definition) is 4. The molecule has 1 heterocycles. The third-order valence-corrected chi connectivity index (χ3v) is 4.46. The molecule has 1 aliphatic heterocycles. The molecule has 1 aromatic rings. The molecule has 0 aromatic heterocycles. The van der Waals surface area contributed by atoms with Gasteiger partial charge in [0.05, 0.1) is 11.3 Å². The van der Waals surface area contributed by atoms with Crippen molar-refractivity contribution in [1.29, 1.82) is 0 Å². The molecule has 1 aromatic carbocycles. The van der Waals surface area contributed by atoms with E-state index in [1.165, 1.54) is 0 Å². The number of carboxylic acids is 1. The molecule has 1 amide bonds. The van der Waals surface area contributed by atoms with E-state index in [4.69, 9.17) is 5.11 Å². The Balaban J connectivity index is 2.39. The molecular formula is C13H7BrF3NO4S.